The standard InChI is InChI=1S/C19H18BrFN2/c20-16-5-2-6-17-18(16)14(10-19(22)7-8-19)12-23(17)11-13-3-1-4-15(21)9-13/h1-6,9,12H,7-8,10-11,22H2. The molecule has 0 atom stereocenters. The molecule has 1 fully saturated rings. The van der Waals surface area contributed by atoms with Crippen molar-refractivity contribution in [3.8, 4) is 0 Å². The van der Waals surface area contributed by atoms with E-state index in [9.17, 15) is 4.39 Å². The minimum Gasteiger partial charge on any atom is -0.343 e. The number of aromatic nitrogens is 1. The van der Waals surface area contributed by atoms with Gasteiger partial charge in [0.25, 0.3) is 0 Å². The maximum absolute atomic E-state index is 13.5. The summed E-state index contributed by atoms with van der Waals surface area (Å²) >= 11 is 3.67. The number of hydrogen-bond acceptors (Lipinski definition) is 1. The predicted molar refractivity (Wildman–Crippen MR) is 95.0 cm³/mol. The van der Waals surface area contributed by atoms with Crippen LogP contribution in [0.4, 0.5) is 4.39 Å². The van der Waals surface area contributed by atoms with Crippen LogP contribution in [0.5, 0.6) is 0 Å². The first kappa shape index (κ1) is 14.9. The van der Waals surface area contributed by atoms with Gasteiger partial charge in [-0.3, -0.25) is 0 Å². The zero-order valence-corrected chi connectivity index (χ0v) is 14.3. The second kappa shape index (κ2) is 5.46. The molecule has 2 nitrogen and oxygen atoms in total. The first-order valence-corrected chi connectivity index (χ1v) is 8.63. The van der Waals surface area contributed by atoms with Crippen molar-refractivity contribution in [2.45, 2.75) is 31.3 Å². The van der Waals surface area contributed by atoms with Gasteiger partial charge in [-0.15, -0.1) is 0 Å². The summed E-state index contributed by atoms with van der Waals surface area (Å²) in [7, 11) is 0. The maximum atomic E-state index is 13.5. The molecule has 0 bridgehead atoms. The van der Waals surface area contributed by atoms with Gasteiger partial charge in [0, 0.05) is 33.7 Å². The van der Waals surface area contributed by atoms with Crippen LogP contribution in [0.2, 0.25) is 0 Å². The molecule has 2 N–H and O–H groups in total. The molecule has 1 aliphatic rings. The molecule has 23 heavy (non-hydrogen) atoms. The molecular weight excluding hydrogens is 355 g/mol. The maximum Gasteiger partial charge on any atom is 0.123 e. The Morgan fingerprint density at radius 3 is 2.70 bits per heavy atom. The van der Waals surface area contributed by atoms with Crippen molar-refractivity contribution in [2.24, 2.45) is 5.73 Å². The third-order valence-corrected chi connectivity index (χ3v) is 5.27. The number of fused-ring (bicyclic) bond motifs is 1. The summed E-state index contributed by atoms with van der Waals surface area (Å²) in [5.41, 5.74) is 9.68. The number of rotatable bonds is 4. The summed E-state index contributed by atoms with van der Waals surface area (Å²) in [6.45, 7) is 0.655. The molecule has 0 saturated heterocycles. The molecule has 1 aromatic heterocycles. The third kappa shape index (κ3) is 2.93. The summed E-state index contributed by atoms with van der Waals surface area (Å²) in [5.74, 6) is -0.195. The van der Waals surface area contributed by atoms with E-state index in [4.69, 9.17) is 5.73 Å². The second-order valence-corrected chi connectivity index (χ2v) is 7.44. The zero-order chi connectivity index (χ0) is 16.0. The van der Waals surface area contributed by atoms with Crippen LogP contribution in [0.1, 0.15) is 24.0 Å². The largest absolute Gasteiger partial charge is 0.343 e. The summed E-state index contributed by atoms with van der Waals surface area (Å²) in [5, 5.41) is 1.22. The van der Waals surface area contributed by atoms with Crippen molar-refractivity contribution >= 4 is 26.8 Å². The lowest BCUT2D eigenvalue weighted by Gasteiger charge is -2.07. The van der Waals surface area contributed by atoms with Gasteiger partial charge in [-0.2, -0.15) is 0 Å². The van der Waals surface area contributed by atoms with Crippen LogP contribution in [0.15, 0.2) is 53.1 Å². The zero-order valence-electron chi connectivity index (χ0n) is 12.7. The van der Waals surface area contributed by atoms with Crippen LogP contribution in [0.25, 0.3) is 10.9 Å². The van der Waals surface area contributed by atoms with E-state index in [1.165, 1.54) is 17.0 Å². The van der Waals surface area contributed by atoms with E-state index in [2.05, 4.69) is 38.8 Å². The lowest BCUT2D eigenvalue weighted by Crippen LogP contribution is -2.24. The van der Waals surface area contributed by atoms with Gasteiger partial charge >= 0.3 is 0 Å². The summed E-state index contributed by atoms with van der Waals surface area (Å²) in [6, 6.07) is 13.0. The minimum absolute atomic E-state index is 0.0345. The molecule has 1 aliphatic carbocycles. The Balaban J connectivity index is 1.78. The molecule has 4 rings (SSSR count). The van der Waals surface area contributed by atoms with E-state index in [0.717, 1.165) is 34.8 Å². The van der Waals surface area contributed by atoms with E-state index in [-0.39, 0.29) is 11.4 Å². The predicted octanol–water partition coefficient (Wildman–Crippen LogP) is 4.63. The van der Waals surface area contributed by atoms with Crippen molar-refractivity contribution in [1.82, 2.24) is 4.57 Å². The molecule has 2 aromatic carbocycles. The number of benzene rings is 2. The van der Waals surface area contributed by atoms with Crippen LogP contribution in [0.3, 0.4) is 0 Å². The molecule has 3 aromatic rings. The first-order valence-electron chi connectivity index (χ1n) is 7.84. The van der Waals surface area contributed by atoms with Gasteiger partial charge in [0.05, 0.1) is 0 Å². The average molecular weight is 373 g/mol. The van der Waals surface area contributed by atoms with Crippen molar-refractivity contribution in [3.05, 3.63) is 70.1 Å². The molecule has 4 heteroatoms. The summed E-state index contributed by atoms with van der Waals surface area (Å²) in [6.07, 6.45) is 5.25. The highest BCUT2D eigenvalue weighted by Crippen LogP contribution is 2.39. The van der Waals surface area contributed by atoms with Gasteiger partial charge in [0.1, 0.15) is 5.82 Å². The van der Waals surface area contributed by atoms with Crippen molar-refractivity contribution in [1.29, 1.82) is 0 Å². The minimum atomic E-state index is -0.195. The number of halogens is 2. The van der Waals surface area contributed by atoms with Crippen LogP contribution < -0.4 is 5.73 Å². The molecule has 0 aliphatic heterocycles. The lowest BCUT2D eigenvalue weighted by atomic mass is 10.0. The Bertz CT molecular complexity index is 880. The number of hydrogen-bond donors (Lipinski definition) is 1. The van der Waals surface area contributed by atoms with Crippen molar-refractivity contribution < 1.29 is 4.39 Å². The van der Waals surface area contributed by atoms with Gasteiger partial charge in [0.2, 0.25) is 0 Å². The molecule has 0 spiro atoms. The smallest absolute Gasteiger partial charge is 0.123 e. The fourth-order valence-electron chi connectivity index (χ4n) is 3.21. The molecule has 0 unspecified atom stereocenters. The van der Waals surface area contributed by atoms with Gasteiger partial charge < -0.3 is 10.3 Å². The third-order valence-electron chi connectivity index (χ3n) is 4.61. The first-order chi connectivity index (χ1) is 11.0. The highest BCUT2D eigenvalue weighted by molar-refractivity contribution is 9.10. The van der Waals surface area contributed by atoms with Crippen LogP contribution in [-0.2, 0) is 13.0 Å². The number of nitrogens with two attached hydrogens (primary N) is 1. The van der Waals surface area contributed by atoms with Crippen LogP contribution >= 0.6 is 15.9 Å². The quantitative estimate of drug-likeness (QED) is 0.711. The van der Waals surface area contributed by atoms with Gasteiger partial charge in [-0.1, -0.05) is 34.1 Å². The average Bonchev–Trinajstić information content (AvgIpc) is 3.13. The SMILES string of the molecule is NC1(Cc2cn(Cc3cccc(F)c3)c3cccc(Br)c23)CC1. The summed E-state index contributed by atoms with van der Waals surface area (Å²) < 4.78 is 16.7. The Kier molecular flexibility index (Phi) is 3.54. The molecular formula is C19H18BrFN2. The molecule has 1 saturated carbocycles. The van der Waals surface area contributed by atoms with E-state index < -0.39 is 0 Å². The Hall–Kier alpha value is -1.65. The Labute approximate surface area is 143 Å². The Morgan fingerprint density at radius 2 is 1.96 bits per heavy atom. The van der Waals surface area contributed by atoms with Gasteiger partial charge in [-0.05, 0) is 54.7 Å². The van der Waals surface area contributed by atoms with Gasteiger partial charge in [-0.25, -0.2) is 4.39 Å². The van der Waals surface area contributed by atoms with E-state index in [1.807, 2.05) is 12.1 Å². The molecule has 1 heterocycles. The van der Waals surface area contributed by atoms with E-state index >= 15 is 0 Å². The van der Waals surface area contributed by atoms with E-state index in [0.29, 0.717) is 6.54 Å². The molecule has 118 valence electrons. The highest BCUT2D eigenvalue weighted by Gasteiger charge is 2.38. The van der Waals surface area contributed by atoms with Crippen molar-refractivity contribution in [3.63, 3.8) is 0 Å². The summed E-state index contributed by atoms with van der Waals surface area (Å²) in [4.78, 5) is 0. The lowest BCUT2D eigenvalue weighted by molar-refractivity contribution is 0.624. The fourth-order valence-corrected chi connectivity index (χ4v) is 3.82. The highest BCUT2D eigenvalue weighted by atomic mass is 79.9. The van der Waals surface area contributed by atoms with Crippen LogP contribution in [-0.4, -0.2) is 10.1 Å². The van der Waals surface area contributed by atoms with Crippen LogP contribution in [0, 0.1) is 5.82 Å². The van der Waals surface area contributed by atoms with Gasteiger partial charge in [0.15, 0.2) is 0 Å². The fraction of sp³-hybridized carbons (Fsp3) is 0.263. The molecule has 0 radical (unpaired) electrons. The monoisotopic (exact) mass is 372 g/mol. The van der Waals surface area contributed by atoms with E-state index in [1.54, 1.807) is 12.1 Å². The second-order valence-electron chi connectivity index (χ2n) is 6.59. The van der Waals surface area contributed by atoms with Crippen molar-refractivity contribution in [2.75, 3.05) is 0 Å². The number of nitrogens with zero attached hydrogens (tertiary/aromatic N) is 1. The molecule has 0 amide bonds. The normalized spacial score (nSPS) is 16.0. The topological polar surface area (TPSA) is 30.9 Å². The Morgan fingerprint density at radius 1 is 1.17 bits per heavy atom.